The number of nitrogens with two attached hydrogens (primary N) is 1. The number of aliphatic carboxylic acids is 1. The second-order valence-electron chi connectivity index (χ2n) is 9.52. The van der Waals surface area contributed by atoms with E-state index in [1.54, 1.807) is 0 Å². The van der Waals surface area contributed by atoms with Gasteiger partial charge in [-0.15, -0.1) is 0 Å². The van der Waals surface area contributed by atoms with Crippen LogP contribution in [0.3, 0.4) is 0 Å². The molecule has 0 spiro atoms. The van der Waals surface area contributed by atoms with Gasteiger partial charge in [0.05, 0.1) is 6.54 Å². The van der Waals surface area contributed by atoms with Gasteiger partial charge in [-0.3, -0.25) is 9.69 Å². The van der Waals surface area contributed by atoms with Gasteiger partial charge in [-0.25, -0.2) is 4.79 Å². The van der Waals surface area contributed by atoms with Crippen LogP contribution in [0.4, 0.5) is 30.2 Å². The van der Waals surface area contributed by atoms with Gasteiger partial charge < -0.3 is 21.1 Å². The second-order valence-corrected chi connectivity index (χ2v) is 9.52. The van der Waals surface area contributed by atoms with Gasteiger partial charge in [-0.2, -0.15) is 13.2 Å². The van der Waals surface area contributed by atoms with E-state index in [1.807, 2.05) is 12.1 Å². The van der Waals surface area contributed by atoms with Crippen LogP contribution in [0.15, 0.2) is 48.5 Å². The Labute approximate surface area is 202 Å². The minimum atomic E-state index is -5.08. The number of hydrogen-bond donors (Lipinski definition) is 3. The predicted octanol–water partition coefficient (Wildman–Crippen LogP) is 3.87. The zero-order valence-electron chi connectivity index (χ0n) is 19.8. The summed E-state index contributed by atoms with van der Waals surface area (Å²) in [6.07, 6.45) is -4.01. The van der Waals surface area contributed by atoms with Crippen molar-refractivity contribution in [2.24, 2.45) is 17.1 Å². The van der Waals surface area contributed by atoms with Crippen LogP contribution in [0.5, 0.6) is 0 Å². The van der Waals surface area contributed by atoms with Crippen molar-refractivity contribution in [2.75, 3.05) is 42.9 Å². The Morgan fingerprint density at radius 2 is 1.77 bits per heavy atom. The summed E-state index contributed by atoms with van der Waals surface area (Å²) in [5, 5.41) is 10.2. The molecule has 2 heterocycles. The van der Waals surface area contributed by atoms with Gasteiger partial charge in [0.2, 0.25) is 5.91 Å². The molecule has 7 nitrogen and oxygen atoms in total. The van der Waals surface area contributed by atoms with E-state index < -0.39 is 12.1 Å². The summed E-state index contributed by atoms with van der Waals surface area (Å²) in [5.41, 5.74) is 10.7. The van der Waals surface area contributed by atoms with Crippen molar-refractivity contribution < 1.29 is 27.9 Å². The monoisotopic (exact) mass is 492 g/mol. The highest BCUT2D eigenvalue weighted by Gasteiger charge is 2.39. The van der Waals surface area contributed by atoms with Crippen LogP contribution in [0.2, 0.25) is 0 Å². The maximum Gasteiger partial charge on any atom is 0.490 e. The van der Waals surface area contributed by atoms with Crippen molar-refractivity contribution in [2.45, 2.75) is 26.4 Å². The summed E-state index contributed by atoms with van der Waals surface area (Å²) in [7, 11) is 0. The number of carboxylic acid groups (broad SMARTS) is 1. The fraction of sp³-hybridized carbons (Fsp3) is 0.440. The van der Waals surface area contributed by atoms with Gasteiger partial charge in [-0.1, -0.05) is 32.0 Å². The largest absolute Gasteiger partial charge is 0.490 e. The van der Waals surface area contributed by atoms with Gasteiger partial charge >= 0.3 is 12.1 Å². The molecule has 0 radical (unpaired) electrons. The number of carbonyl (C=O) groups excluding carboxylic acids is 1. The van der Waals surface area contributed by atoms with Gasteiger partial charge in [-0.05, 0) is 60.2 Å². The van der Waals surface area contributed by atoms with E-state index in [4.69, 9.17) is 15.6 Å². The number of halogens is 3. The number of benzene rings is 2. The molecular weight excluding hydrogens is 461 g/mol. The molecule has 2 aromatic rings. The lowest BCUT2D eigenvalue weighted by Gasteiger charge is -2.24. The maximum absolute atomic E-state index is 12.5. The molecule has 1 saturated heterocycles. The first-order valence-electron chi connectivity index (χ1n) is 11.4. The van der Waals surface area contributed by atoms with Crippen molar-refractivity contribution in [3.05, 3.63) is 54.1 Å². The molecule has 0 saturated carbocycles. The number of fused-ring (bicyclic) bond motifs is 1. The molecule has 1 fully saturated rings. The van der Waals surface area contributed by atoms with E-state index >= 15 is 0 Å². The molecule has 1 unspecified atom stereocenters. The lowest BCUT2D eigenvalue weighted by Crippen LogP contribution is -2.32. The summed E-state index contributed by atoms with van der Waals surface area (Å²) < 4.78 is 31.7. The SMILES string of the molecule is CC1(C)CN(CC(=O)Nc2ccc(N3CCc4ccccc43)cc2)CC1CN.O=C(O)C(F)(F)F. The van der Waals surface area contributed by atoms with E-state index in [2.05, 4.69) is 65.4 Å². The Bertz CT molecular complexity index is 1040. The van der Waals surface area contributed by atoms with Gasteiger partial charge in [0.15, 0.2) is 0 Å². The van der Waals surface area contributed by atoms with Crippen molar-refractivity contribution in [1.29, 1.82) is 0 Å². The van der Waals surface area contributed by atoms with Crippen LogP contribution in [0, 0.1) is 11.3 Å². The maximum atomic E-state index is 12.5. The molecule has 1 atom stereocenters. The van der Waals surface area contributed by atoms with Crippen molar-refractivity contribution in [3.8, 4) is 0 Å². The zero-order chi connectivity index (χ0) is 25.8. The standard InChI is InChI=1S/C23H30N4O.C2HF3O2/c1-23(2)16-26(14-18(23)13-24)15-22(28)25-19-7-9-20(10-8-19)27-12-11-17-5-3-4-6-21(17)27;3-2(4,5)1(6)7/h3-10,18H,11-16,24H2,1-2H3,(H,25,28);(H,6,7). The number of hydrogen-bond acceptors (Lipinski definition) is 5. The Hall–Kier alpha value is -3.11. The first kappa shape index (κ1) is 26.5. The van der Waals surface area contributed by atoms with E-state index in [-0.39, 0.29) is 11.3 Å². The Balaban J connectivity index is 0.000000429. The minimum Gasteiger partial charge on any atom is -0.475 e. The third-order valence-corrected chi connectivity index (χ3v) is 6.46. The third kappa shape index (κ3) is 6.73. The summed E-state index contributed by atoms with van der Waals surface area (Å²) in [5.74, 6) is -2.27. The normalized spacial score (nSPS) is 19.0. The Morgan fingerprint density at radius 3 is 2.34 bits per heavy atom. The molecule has 4 rings (SSSR count). The summed E-state index contributed by atoms with van der Waals surface area (Å²) in [4.78, 5) is 25.9. The quantitative estimate of drug-likeness (QED) is 0.586. The van der Waals surface area contributed by atoms with Gasteiger partial charge in [0.25, 0.3) is 0 Å². The number of alkyl halides is 3. The molecule has 0 bridgehead atoms. The van der Waals surface area contributed by atoms with E-state index in [0.717, 1.165) is 37.4 Å². The molecule has 2 aliphatic rings. The molecule has 190 valence electrons. The molecule has 10 heteroatoms. The van der Waals surface area contributed by atoms with Gasteiger partial charge in [0, 0.05) is 36.7 Å². The number of carboxylic acids is 1. The first-order chi connectivity index (χ1) is 16.4. The Kier molecular flexibility index (Phi) is 8.07. The minimum absolute atomic E-state index is 0.0349. The van der Waals surface area contributed by atoms with Gasteiger partial charge in [0.1, 0.15) is 0 Å². The lowest BCUT2D eigenvalue weighted by molar-refractivity contribution is -0.192. The smallest absolute Gasteiger partial charge is 0.475 e. The van der Waals surface area contributed by atoms with Crippen molar-refractivity contribution >= 4 is 28.9 Å². The highest BCUT2D eigenvalue weighted by molar-refractivity contribution is 5.92. The molecule has 4 N–H and O–H groups in total. The summed E-state index contributed by atoms with van der Waals surface area (Å²) in [6, 6.07) is 16.7. The Morgan fingerprint density at radius 1 is 1.14 bits per heavy atom. The number of anilines is 3. The summed E-state index contributed by atoms with van der Waals surface area (Å²) in [6.45, 7) is 8.36. The molecular formula is C25H31F3N4O3. The number of nitrogens with one attached hydrogen (secondary N) is 1. The van der Waals surface area contributed by atoms with Crippen LogP contribution in [0.1, 0.15) is 19.4 Å². The lowest BCUT2D eigenvalue weighted by atomic mass is 9.82. The predicted molar refractivity (Wildman–Crippen MR) is 129 cm³/mol. The number of amides is 1. The molecule has 2 aliphatic heterocycles. The second kappa shape index (κ2) is 10.7. The molecule has 35 heavy (non-hydrogen) atoms. The number of carbonyl (C=O) groups is 2. The highest BCUT2D eigenvalue weighted by Crippen LogP contribution is 2.35. The van der Waals surface area contributed by atoms with Crippen LogP contribution >= 0.6 is 0 Å². The van der Waals surface area contributed by atoms with E-state index in [9.17, 15) is 18.0 Å². The molecule has 0 aromatic heterocycles. The van der Waals surface area contributed by atoms with E-state index in [1.165, 1.54) is 11.3 Å². The third-order valence-electron chi connectivity index (χ3n) is 6.46. The topological polar surface area (TPSA) is 98.9 Å². The van der Waals surface area contributed by atoms with Crippen molar-refractivity contribution in [3.63, 3.8) is 0 Å². The number of likely N-dealkylation sites (tertiary alicyclic amines) is 1. The van der Waals surface area contributed by atoms with Crippen LogP contribution in [-0.4, -0.2) is 60.8 Å². The average Bonchev–Trinajstić information content (AvgIpc) is 3.33. The molecule has 2 aromatic carbocycles. The van der Waals surface area contributed by atoms with Crippen LogP contribution < -0.4 is 16.0 Å². The number of rotatable bonds is 5. The zero-order valence-corrected chi connectivity index (χ0v) is 19.8. The van der Waals surface area contributed by atoms with Crippen molar-refractivity contribution in [1.82, 2.24) is 4.90 Å². The molecule has 1 amide bonds. The average molecular weight is 493 g/mol. The van der Waals surface area contributed by atoms with Crippen LogP contribution in [0.25, 0.3) is 0 Å². The highest BCUT2D eigenvalue weighted by atomic mass is 19.4. The first-order valence-corrected chi connectivity index (χ1v) is 11.4. The van der Waals surface area contributed by atoms with E-state index in [0.29, 0.717) is 19.0 Å². The fourth-order valence-electron chi connectivity index (χ4n) is 4.58. The fourth-order valence-corrected chi connectivity index (χ4v) is 4.58. The van der Waals surface area contributed by atoms with Crippen LogP contribution in [-0.2, 0) is 16.0 Å². The number of nitrogens with zero attached hydrogens (tertiary/aromatic N) is 2. The number of para-hydroxylation sites is 1. The summed E-state index contributed by atoms with van der Waals surface area (Å²) >= 11 is 0. The molecule has 0 aliphatic carbocycles.